The minimum Gasteiger partial charge on any atom is -0.399 e. The third-order valence-electron chi connectivity index (χ3n) is 2.78. The number of halogens is 1. The Morgan fingerprint density at radius 3 is 2.61 bits per heavy atom. The van der Waals surface area contributed by atoms with Crippen molar-refractivity contribution in [1.82, 2.24) is 5.32 Å². The first-order chi connectivity index (χ1) is 8.75. The molecule has 1 heterocycles. The zero-order chi connectivity index (χ0) is 12.8. The second kappa shape index (κ2) is 6.92. The summed E-state index contributed by atoms with van der Waals surface area (Å²) < 4.78 is 1.21. The molecular weight excluding hydrogens is 308 g/mol. The fourth-order valence-electron chi connectivity index (χ4n) is 1.75. The molecule has 0 saturated carbocycles. The van der Waals surface area contributed by atoms with Crippen molar-refractivity contribution < 1.29 is 0 Å². The Bertz CT molecular complexity index is 479. The molecule has 0 fully saturated rings. The van der Waals surface area contributed by atoms with Gasteiger partial charge < -0.3 is 11.1 Å². The molecule has 0 radical (unpaired) electrons. The number of thiophene rings is 1. The molecule has 1 aromatic heterocycles. The van der Waals surface area contributed by atoms with Crippen LogP contribution in [0.4, 0.5) is 5.69 Å². The Labute approximate surface area is 120 Å². The number of hydrogen-bond acceptors (Lipinski definition) is 3. The van der Waals surface area contributed by atoms with Crippen LogP contribution >= 0.6 is 27.3 Å². The van der Waals surface area contributed by atoms with Crippen LogP contribution in [0, 0.1) is 0 Å². The van der Waals surface area contributed by atoms with Gasteiger partial charge in [-0.05, 0) is 64.5 Å². The lowest BCUT2D eigenvalue weighted by molar-refractivity contribution is 0.653. The molecule has 2 nitrogen and oxygen atoms in total. The average Bonchev–Trinajstić information content (AvgIpc) is 2.77. The van der Waals surface area contributed by atoms with Crippen LogP contribution in [0.15, 0.2) is 40.2 Å². The van der Waals surface area contributed by atoms with Gasteiger partial charge in [0.05, 0.1) is 0 Å². The molecule has 1 aromatic carbocycles. The molecule has 2 rings (SSSR count). The van der Waals surface area contributed by atoms with Gasteiger partial charge >= 0.3 is 0 Å². The lowest BCUT2D eigenvalue weighted by atomic mass is 10.1. The Morgan fingerprint density at radius 2 is 1.94 bits per heavy atom. The fourth-order valence-corrected chi connectivity index (χ4v) is 3.22. The first-order valence-electron chi connectivity index (χ1n) is 6.03. The zero-order valence-corrected chi connectivity index (χ0v) is 12.6. The van der Waals surface area contributed by atoms with Gasteiger partial charge in [0, 0.05) is 21.6 Å². The van der Waals surface area contributed by atoms with E-state index in [1.807, 2.05) is 12.1 Å². The smallest absolute Gasteiger partial charge is 0.0327 e. The first-order valence-corrected chi connectivity index (χ1v) is 7.70. The number of anilines is 1. The average molecular weight is 325 g/mol. The van der Waals surface area contributed by atoms with Gasteiger partial charge in [0.1, 0.15) is 0 Å². The zero-order valence-electron chi connectivity index (χ0n) is 10.2. The van der Waals surface area contributed by atoms with E-state index in [0.717, 1.165) is 31.6 Å². The van der Waals surface area contributed by atoms with E-state index in [1.54, 1.807) is 11.3 Å². The van der Waals surface area contributed by atoms with Crippen molar-refractivity contribution in [1.29, 1.82) is 0 Å². The largest absolute Gasteiger partial charge is 0.399 e. The molecule has 0 aliphatic heterocycles. The molecule has 0 saturated heterocycles. The van der Waals surface area contributed by atoms with Gasteiger partial charge in [0.25, 0.3) is 0 Å². The molecular formula is C14H17BrN2S. The van der Waals surface area contributed by atoms with Gasteiger partial charge in [-0.25, -0.2) is 0 Å². The summed E-state index contributed by atoms with van der Waals surface area (Å²) in [6, 6.07) is 10.2. The third-order valence-corrected chi connectivity index (χ3v) is 4.70. The second-order valence-electron chi connectivity index (χ2n) is 4.21. The summed E-state index contributed by atoms with van der Waals surface area (Å²) in [6.07, 6.45) is 2.24. The van der Waals surface area contributed by atoms with E-state index in [1.165, 1.54) is 14.9 Å². The highest BCUT2D eigenvalue weighted by Crippen LogP contribution is 2.22. The van der Waals surface area contributed by atoms with Crippen molar-refractivity contribution in [2.24, 2.45) is 0 Å². The number of hydrogen-bond donors (Lipinski definition) is 2. The van der Waals surface area contributed by atoms with Crippen LogP contribution in [0.25, 0.3) is 0 Å². The van der Waals surface area contributed by atoms with Crippen molar-refractivity contribution >= 4 is 33.0 Å². The van der Waals surface area contributed by atoms with Gasteiger partial charge in [0.15, 0.2) is 0 Å². The summed E-state index contributed by atoms with van der Waals surface area (Å²) in [5.41, 5.74) is 7.84. The SMILES string of the molecule is Nc1ccc(CCCNCc2sccc2Br)cc1. The third kappa shape index (κ3) is 4.12. The molecule has 18 heavy (non-hydrogen) atoms. The predicted octanol–water partition coefficient (Wildman–Crippen LogP) is 3.82. The highest BCUT2D eigenvalue weighted by atomic mass is 79.9. The molecule has 0 bridgehead atoms. The van der Waals surface area contributed by atoms with Crippen molar-refractivity contribution in [3.8, 4) is 0 Å². The van der Waals surface area contributed by atoms with Crippen molar-refractivity contribution in [3.05, 3.63) is 50.6 Å². The molecule has 3 N–H and O–H groups in total. The minimum atomic E-state index is 0.833. The summed E-state index contributed by atoms with van der Waals surface area (Å²) in [7, 11) is 0. The van der Waals surface area contributed by atoms with Crippen LogP contribution in [0.1, 0.15) is 16.9 Å². The number of aryl methyl sites for hydroxylation is 1. The molecule has 0 amide bonds. The second-order valence-corrected chi connectivity index (χ2v) is 6.07. The van der Waals surface area contributed by atoms with Crippen LogP contribution in [0.2, 0.25) is 0 Å². The molecule has 0 aliphatic rings. The molecule has 2 aromatic rings. The highest BCUT2D eigenvalue weighted by molar-refractivity contribution is 9.10. The number of benzene rings is 1. The number of nitrogen functional groups attached to an aromatic ring is 1. The van der Waals surface area contributed by atoms with Crippen LogP contribution in [-0.2, 0) is 13.0 Å². The van der Waals surface area contributed by atoms with Crippen LogP contribution in [0.5, 0.6) is 0 Å². The van der Waals surface area contributed by atoms with E-state index in [-0.39, 0.29) is 0 Å². The van der Waals surface area contributed by atoms with Crippen LogP contribution in [0.3, 0.4) is 0 Å². The highest BCUT2D eigenvalue weighted by Gasteiger charge is 2.00. The summed E-state index contributed by atoms with van der Waals surface area (Å²) in [4.78, 5) is 1.36. The minimum absolute atomic E-state index is 0.833. The maximum absolute atomic E-state index is 5.66. The van der Waals surface area contributed by atoms with Gasteiger partial charge in [0.2, 0.25) is 0 Å². The molecule has 0 aliphatic carbocycles. The van der Waals surface area contributed by atoms with Crippen molar-refractivity contribution in [3.63, 3.8) is 0 Å². The number of nitrogens with two attached hydrogens (primary N) is 1. The van der Waals surface area contributed by atoms with Gasteiger partial charge in [-0.3, -0.25) is 0 Å². The standard InChI is InChI=1S/C14H17BrN2S/c15-13-7-9-18-14(13)10-17-8-1-2-11-3-5-12(16)6-4-11/h3-7,9,17H,1-2,8,10,16H2. The lowest BCUT2D eigenvalue weighted by Crippen LogP contribution is -2.14. The monoisotopic (exact) mass is 324 g/mol. The summed E-state index contributed by atoms with van der Waals surface area (Å²) in [6.45, 7) is 1.98. The number of rotatable bonds is 6. The summed E-state index contributed by atoms with van der Waals surface area (Å²) in [5, 5.41) is 5.57. The van der Waals surface area contributed by atoms with E-state index < -0.39 is 0 Å². The van der Waals surface area contributed by atoms with Gasteiger partial charge in [-0.1, -0.05) is 12.1 Å². The lowest BCUT2D eigenvalue weighted by Gasteiger charge is -2.04. The van der Waals surface area contributed by atoms with E-state index in [4.69, 9.17) is 5.73 Å². The van der Waals surface area contributed by atoms with Gasteiger partial charge in [-0.15, -0.1) is 11.3 Å². The summed E-state index contributed by atoms with van der Waals surface area (Å²) >= 11 is 5.32. The Kier molecular flexibility index (Phi) is 5.23. The van der Waals surface area contributed by atoms with Crippen molar-refractivity contribution in [2.45, 2.75) is 19.4 Å². The van der Waals surface area contributed by atoms with Gasteiger partial charge in [-0.2, -0.15) is 0 Å². The van der Waals surface area contributed by atoms with E-state index in [9.17, 15) is 0 Å². The molecule has 4 heteroatoms. The van der Waals surface area contributed by atoms with Crippen LogP contribution < -0.4 is 11.1 Å². The van der Waals surface area contributed by atoms with Crippen LogP contribution in [-0.4, -0.2) is 6.54 Å². The predicted molar refractivity (Wildman–Crippen MR) is 82.9 cm³/mol. The number of nitrogens with one attached hydrogen (secondary N) is 1. The Morgan fingerprint density at radius 1 is 1.17 bits per heavy atom. The maximum atomic E-state index is 5.66. The van der Waals surface area contributed by atoms with Crippen molar-refractivity contribution in [2.75, 3.05) is 12.3 Å². The normalized spacial score (nSPS) is 10.7. The molecule has 0 unspecified atom stereocenters. The van der Waals surface area contributed by atoms with E-state index in [2.05, 4.69) is 44.8 Å². The molecule has 96 valence electrons. The Balaban J connectivity index is 1.64. The quantitative estimate of drug-likeness (QED) is 0.626. The fraction of sp³-hybridized carbons (Fsp3) is 0.286. The molecule has 0 spiro atoms. The van der Waals surface area contributed by atoms with E-state index >= 15 is 0 Å². The topological polar surface area (TPSA) is 38.0 Å². The Hall–Kier alpha value is -0.840. The first kappa shape index (κ1) is 13.6. The summed E-state index contributed by atoms with van der Waals surface area (Å²) in [5.74, 6) is 0. The maximum Gasteiger partial charge on any atom is 0.0327 e. The molecule has 0 atom stereocenters. The van der Waals surface area contributed by atoms with E-state index in [0.29, 0.717) is 0 Å².